The highest BCUT2D eigenvalue weighted by Gasteiger charge is 2.21. The number of amides is 1. The van der Waals surface area contributed by atoms with Gasteiger partial charge in [0.2, 0.25) is 0 Å². The van der Waals surface area contributed by atoms with Gasteiger partial charge in [0, 0.05) is 13.1 Å². The Balaban J connectivity index is 1.74. The molecule has 0 fully saturated rings. The lowest BCUT2D eigenvalue weighted by atomic mass is 10.0. The van der Waals surface area contributed by atoms with Crippen LogP contribution in [0.5, 0.6) is 5.75 Å². The Bertz CT molecular complexity index is 622. The Morgan fingerprint density at radius 1 is 1.04 bits per heavy atom. The van der Waals surface area contributed by atoms with Gasteiger partial charge in [-0.15, -0.1) is 0 Å². The fraction of sp³-hybridized carbons (Fsp3) is 0.316. The van der Waals surface area contributed by atoms with Crippen LogP contribution in [-0.4, -0.2) is 48.1 Å². The molecule has 2 rings (SSSR count). The van der Waals surface area contributed by atoms with Gasteiger partial charge in [0.25, 0.3) is 0 Å². The summed E-state index contributed by atoms with van der Waals surface area (Å²) in [6.45, 7) is 1.29. The molecule has 134 valence electrons. The molecule has 0 spiro atoms. The van der Waals surface area contributed by atoms with E-state index in [4.69, 9.17) is 9.84 Å². The third-order valence-corrected chi connectivity index (χ3v) is 3.72. The minimum Gasteiger partial charge on any atom is -0.492 e. The van der Waals surface area contributed by atoms with Crippen LogP contribution in [0.3, 0.4) is 0 Å². The summed E-state index contributed by atoms with van der Waals surface area (Å²) in [4.78, 5) is 11.0. The van der Waals surface area contributed by atoms with Crippen molar-refractivity contribution in [2.75, 3.05) is 19.7 Å². The molecule has 0 bridgehead atoms. The topological polar surface area (TPSA) is 90.8 Å². The second-order valence-corrected chi connectivity index (χ2v) is 5.68. The molecule has 0 saturated heterocycles. The minimum atomic E-state index is -1.15. The van der Waals surface area contributed by atoms with Gasteiger partial charge in [0.05, 0.1) is 12.1 Å². The predicted octanol–water partition coefficient (Wildman–Crippen LogP) is 1.89. The lowest BCUT2D eigenvalue weighted by molar-refractivity contribution is 0.117. The maximum absolute atomic E-state index is 11.0. The van der Waals surface area contributed by atoms with Crippen LogP contribution in [-0.2, 0) is 6.42 Å². The molecule has 0 aliphatic heterocycles. The van der Waals surface area contributed by atoms with Crippen molar-refractivity contribution in [2.45, 2.75) is 18.6 Å². The van der Waals surface area contributed by atoms with Gasteiger partial charge >= 0.3 is 6.09 Å². The van der Waals surface area contributed by atoms with Gasteiger partial charge in [-0.25, -0.2) is 4.79 Å². The average Bonchev–Trinajstić information content (AvgIpc) is 2.62. The van der Waals surface area contributed by atoms with E-state index in [2.05, 4.69) is 10.6 Å². The summed E-state index contributed by atoms with van der Waals surface area (Å²) in [5.74, 6) is 0.791. The van der Waals surface area contributed by atoms with Gasteiger partial charge in [-0.3, -0.25) is 0 Å². The van der Waals surface area contributed by atoms with Crippen molar-refractivity contribution >= 4 is 6.09 Å². The summed E-state index contributed by atoms with van der Waals surface area (Å²) in [6, 6.07) is 18.4. The molecule has 2 atom stereocenters. The SMILES string of the molecule is O=C(O)N[C@@H](Cc1ccccc1)[C@H](O)CNCCOc1ccccc1. The standard InChI is InChI=1S/C19H24N2O4/c22-18(14-20-11-12-25-16-9-5-2-6-10-16)17(21-19(23)24)13-15-7-3-1-4-8-15/h1-10,17-18,20-22H,11-14H2,(H,23,24)/t17-,18+/m0/s1. The van der Waals surface area contributed by atoms with Gasteiger partial charge in [-0.1, -0.05) is 48.5 Å². The van der Waals surface area contributed by atoms with E-state index in [1.165, 1.54) is 0 Å². The third kappa shape index (κ3) is 7.24. The van der Waals surface area contributed by atoms with Crippen LogP contribution in [0.4, 0.5) is 4.79 Å². The zero-order chi connectivity index (χ0) is 17.9. The second kappa shape index (κ2) is 10.3. The van der Waals surface area contributed by atoms with Crippen LogP contribution in [0.1, 0.15) is 5.56 Å². The maximum Gasteiger partial charge on any atom is 0.404 e. The maximum atomic E-state index is 11.0. The molecule has 6 heteroatoms. The molecule has 0 aromatic heterocycles. The lowest BCUT2D eigenvalue weighted by Crippen LogP contribution is -2.48. The Hall–Kier alpha value is -2.57. The number of nitrogens with one attached hydrogen (secondary N) is 2. The number of rotatable bonds is 10. The smallest absolute Gasteiger partial charge is 0.404 e. The number of aliphatic hydroxyl groups is 1. The van der Waals surface area contributed by atoms with Crippen LogP contribution >= 0.6 is 0 Å². The average molecular weight is 344 g/mol. The number of hydrogen-bond donors (Lipinski definition) is 4. The first-order chi connectivity index (χ1) is 12.1. The lowest BCUT2D eigenvalue weighted by Gasteiger charge is -2.23. The van der Waals surface area contributed by atoms with E-state index in [9.17, 15) is 9.90 Å². The molecule has 0 unspecified atom stereocenters. The fourth-order valence-electron chi connectivity index (χ4n) is 2.46. The molecule has 1 amide bonds. The van der Waals surface area contributed by atoms with Crippen LogP contribution in [0.25, 0.3) is 0 Å². The van der Waals surface area contributed by atoms with Crippen LogP contribution in [0, 0.1) is 0 Å². The molecule has 0 saturated carbocycles. The summed E-state index contributed by atoms with van der Waals surface area (Å²) in [7, 11) is 0. The summed E-state index contributed by atoms with van der Waals surface area (Å²) in [6.07, 6.45) is -1.56. The summed E-state index contributed by atoms with van der Waals surface area (Å²) in [5, 5.41) is 24.8. The molecule has 4 N–H and O–H groups in total. The monoisotopic (exact) mass is 344 g/mol. The minimum absolute atomic E-state index is 0.274. The van der Waals surface area contributed by atoms with Crippen molar-refractivity contribution < 1.29 is 19.7 Å². The predicted molar refractivity (Wildman–Crippen MR) is 95.9 cm³/mol. The largest absolute Gasteiger partial charge is 0.492 e. The Kier molecular flexibility index (Phi) is 7.75. The molecule has 0 heterocycles. The van der Waals surface area contributed by atoms with E-state index in [-0.39, 0.29) is 6.54 Å². The number of aliphatic hydroxyl groups excluding tert-OH is 1. The summed E-state index contributed by atoms with van der Waals surface area (Å²) < 4.78 is 5.55. The molecule has 2 aromatic carbocycles. The molecule has 2 aromatic rings. The van der Waals surface area contributed by atoms with Crippen LogP contribution in [0.2, 0.25) is 0 Å². The molecular weight excluding hydrogens is 320 g/mol. The Labute approximate surface area is 147 Å². The number of para-hydroxylation sites is 1. The Morgan fingerprint density at radius 3 is 2.32 bits per heavy atom. The van der Waals surface area contributed by atoms with Gasteiger partial charge in [0.15, 0.2) is 0 Å². The highest BCUT2D eigenvalue weighted by molar-refractivity contribution is 5.65. The van der Waals surface area contributed by atoms with Crippen molar-refractivity contribution in [1.29, 1.82) is 0 Å². The summed E-state index contributed by atoms with van der Waals surface area (Å²) in [5.41, 5.74) is 0.965. The number of carbonyl (C=O) groups is 1. The fourth-order valence-corrected chi connectivity index (χ4v) is 2.46. The van der Waals surface area contributed by atoms with Crippen LogP contribution < -0.4 is 15.4 Å². The molecule has 0 aliphatic rings. The van der Waals surface area contributed by atoms with Crippen molar-refractivity contribution in [3.8, 4) is 5.75 Å². The van der Waals surface area contributed by atoms with Crippen molar-refractivity contribution in [3.05, 3.63) is 66.2 Å². The zero-order valence-electron chi connectivity index (χ0n) is 14.0. The highest BCUT2D eigenvalue weighted by Crippen LogP contribution is 2.08. The number of carboxylic acid groups (broad SMARTS) is 1. The molecular formula is C19H24N2O4. The van der Waals surface area contributed by atoms with Crippen LogP contribution in [0.15, 0.2) is 60.7 Å². The quantitative estimate of drug-likeness (QED) is 0.494. The first-order valence-electron chi connectivity index (χ1n) is 8.25. The molecule has 0 radical (unpaired) electrons. The van der Waals surface area contributed by atoms with Crippen molar-refractivity contribution in [2.24, 2.45) is 0 Å². The number of benzene rings is 2. The highest BCUT2D eigenvalue weighted by atomic mass is 16.5. The van der Waals surface area contributed by atoms with E-state index >= 15 is 0 Å². The summed E-state index contributed by atoms with van der Waals surface area (Å²) >= 11 is 0. The first-order valence-corrected chi connectivity index (χ1v) is 8.25. The van der Waals surface area contributed by atoms with Gasteiger partial charge < -0.3 is 25.6 Å². The molecule has 6 nitrogen and oxygen atoms in total. The second-order valence-electron chi connectivity index (χ2n) is 5.68. The van der Waals surface area contributed by atoms with Gasteiger partial charge in [-0.2, -0.15) is 0 Å². The van der Waals surface area contributed by atoms with E-state index < -0.39 is 18.2 Å². The van der Waals surface area contributed by atoms with E-state index in [1.807, 2.05) is 60.7 Å². The third-order valence-electron chi connectivity index (χ3n) is 3.72. The number of hydrogen-bond acceptors (Lipinski definition) is 4. The molecule has 0 aliphatic carbocycles. The zero-order valence-corrected chi connectivity index (χ0v) is 14.0. The van der Waals surface area contributed by atoms with Gasteiger partial charge in [-0.05, 0) is 24.1 Å². The van der Waals surface area contributed by atoms with Gasteiger partial charge in [0.1, 0.15) is 12.4 Å². The van der Waals surface area contributed by atoms with E-state index in [1.54, 1.807) is 0 Å². The number of ether oxygens (including phenoxy) is 1. The molecule has 25 heavy (non-hydrogen) atoms. The van der Waals surface area contributed by atoms with Crippen molar-refractivity contribution in [1.82, 2.24) is 10.6 Å². The van der Waals surface area contributed by atoms with E-state index in [0.29, 0.717) is 19.6 Å². The Morgan fingerprint density at radius 2 is 1.68 bits per heavy atom. The first kappa shape index (κ1) is 18.8. The van der Waals surface area contributed by atoms with E-state index in [0.717, 1.165) is 11.3 Å². The normalized spacial score (nSPS) is 13.0. The van der Waals surface area contributed by atoms with Crippen molar-refractivity contribution in [3.63, 3.8) is 0 Å².